The van der Waals surface area contributed by atoms with E-state index in [1.807, 2.05) is 25.3 Å². The van der Waals surface area contributed by atoms with Crippen molar-refractivity contribution in [1.29, 1.82) is 0 Å². The minimum atomic E-state index is -0.0589. The van der Waals surface area contributed by atoms with Gasteiger partial charge in [0, 0.05) is 30.7 Å². The number of hydrogen-bond donors (Lipinski definition) is 3. The van der Waals surface area contributed by atoms with Crippen molar-refractivity contribution in [1.82, 2.24) is 15.3 Å². The first-order chi connectivity index (χ1) is 10.7. The number of amides is 1. The van der Waals surface area contributed by atoms with Crippen molar-refractivity contribution in [2.24, 2.45) is 0 Å². The summed E-state index contributed by atoms with van der Waals surface area (Å²) < 4.78 is 0. The number of anilines is 1. The van der Waals surface area contributed by atoms with Crippen LogP contribution >= 0.6 is 11.3 Å². The van der Waals surface area contributed by atoms with E-state index in [9.17, 15) is 4.79 Å². The molecule has 5 nitrogen and oxygen atoms in total. The van der Waals surface area contributed by atoms with Gasteiger partial charge in [-0.15, -0.1) is 0 Å². The molecule has 1 amide bonds. The third kappa shape index (κ3) is 2.82. The molecule has 0 atom stereocenters. The van der Waals surface area contributed by atoms with E-state index >= 15 is 0 Å². The molecular formula is C16H18N4OS. The normalized spacial score (nSPS) is 10.8. The molecule has 2 heterocycles. The summed E-state index contributed by atoms with van der Waals surface area (Å²) in [4.78, 5) is 20.4. The van der Waals surface area contributed by atoms with Gasteiger partial charge in [0.05, 0.1) is 5.69 Å². The van der Waals surface area contributed by atoms with Crippen LogP contribution in [0.3, 0.4) is 0 Å². The predicted octanol–water partition coefficient (Wildman–Crippen LogP) is 2.95. The van der Waals surface area contributed by atoms with Crippen LogP contribution in [0.4, 0.5) is 5.13 Å². The number of thiazole rings is 1. The maximum Gasteiger partial charge on any atom is 0.263 e. The minimum absolute atomic E-state index is 0.0589. The summed E-state index contributed by atoms with van der Waals surface area (Å²) in [5, 5.41) is 7.91. The molecule has 0 aliphatic heterocycles. The molecular weight excluding hydrogens is 296 g/mol. The van der Waals surface area contributed by atoms with Crippen molar-refractivity contribution in [3.05, 3.63) is 46.6 Å². The average Bonchev–Trinajstić information content (AvgIpc) is 3.11. The zero-order valence-corrected chi connectivity index (χ0v) is 13.4. The molecule has 0 saturated heterocycles. The van der Waals surface area contributed by atoms with Gasteiger partial charge in [0.1, 0.15) is 4.88 Å². The molecule has 0 bridgehead atoms. The number of para-hydroxylation sites is 1. The number of carbonyl (C=O) groups is 1. The maximum atomic E-state index is 12.2. The Kier molecular flexibility index (Phi) is 4.11. The molecule has 0 fully saturated rings. The van der Waals surface area contributed by atoms with E-state index in [1.165, 1.54) is 22.3 Å². The third-order valence-corrected chi connectivity index (χ3v) is 4.75. The van der Waals surface area contributed by atoms with E-state index in [1.54, 1.807) is 7.05 Å². The second kappa shape index (κ2) is 6.19. The van der Waals surface area contributed by atoms with Crippen LogP contribution in [-0.2, 0) is 6.42 Å². The van der Waals surface area contributed by atoms with Crippen molar-refractivity contribution in [2.75, 3.05) is 18.9 Å². The highest BCUT2D eigenvalue weighted by Gasteiger charge is 2.14. The smallest absolute Gasteiger partial charge is 0.263 e. The molecule has 0 aliphatic rings. The number of benzene rings is 1. The van der Waals surface area contributed by atoms with Crippen LogP contribution in [0, 0.1) is 6.92 Å². The fourth-order valence-electron chi connectivity index (χ4n) is 2.44. The Morgan fingerprint density at radius 2 is 2.18 bits per heavy atom. The number of nitrogens with one attached hydrogen (secondary N) is 3. The zero-order valence-electron chi connectivity index (χ0n) is 12.6. The van der Waals surface area contributed by atoms with Gasteiger partial charge in [0.2, 0.25) is 0 Å². The van der Waals surface area contributed by atoms with Crippen LogP contribution in [0.25, 0.3) is 10.9 Å². The summed E-state index contributed by atoms with van der Waals surface area (Å²) in [5.41, 5.74) is 3.10. The van der Waals surface area contributed by atoms with Gasteiger partial charge in [0.15, 0.2) is 5.13 Å². The topological polar surface area (TPSA) is 69.8 Å². The van der Waals surface area contributed by atoms with Gasteiger partial charge in [-0.3, -0.25) is 4.79 Å². The second-order valence-electron chi connectivity index (χ2n) is 5.05. The number of aryl methyl sites for hydroxylation is 1. The lowest BCUT2D eigenvalue weighted by Gasteiger charge is -2.03. The van der Waals surface area contributed by atoms with E-state index < -0.39 is 0 Å². The number of rotatable bonds is 5. The number of H-pyrrole nitrogens is 1. The van der Waals surface area contributed by atoms with Gasteiger partial charge in [0.25, 0.3) is 5.91 Å². The lowest BCUT2D eigenvalue weighted by Crippen LogP contribution is -2.25. The summed E-state index contributed by atoms with van der Waals surface area (Å²) in [5.74, 6) is -0.0589. The summed E-state index contributed by atoms with van der Waals surface area (Å²) >= 11 is 1.38. The summed E-state index contributed by atoms with van der Waals surface area (Å²) in [6.07, 6.45) is 2.81. The van der Waals surface area contributed by atoms with Gasteiger partial charge in [-0.2, -0.15) is 0 Å². The molecule has 3 aromatic rings. The number of fused-ring (bicyclic) bond motifs is 1. The zero-order chi connectivity index (χ0) is 15.5. The molecule has 0 unspecified atom stereocenters. The first-order valence-electron chi connectivity index (χ1n) is 7.17. The summed E-state index contributed by atoms with van der Waals surface area (Å²) in [6.45, 7) is 2.46. The van der Waals surface area contributed by atoms with Crippen molar-refractivity contribution in [3.8, 4) is 0 Å². The lowest BCUT2D eigenvalue weighted by atomic mass is 10.1. The van der Waals surface area contributed by atoms with Gasteiger partial charge < -0.3 is 15.6 Å². The molecule has 114 valence electrons. The Balaban J connectivity index is 1.63. The van der Waals surface area contributed by atoms with Gasteiger partial charge in [-0.1, -0.05) is 29.5 Å². The number of nitrogens with zero attached hydrogens (tertiary/aromatic N) is 1. The minimum Gasteiger partial charge on any atom is -0.365 e. The van der Waals surface area contributed by atoms with E-state index in [0.29, 0.717) is 11.4 Å². The molecule has 22 heavy (non-hydrogen) atoms. The predicted molar refractivity (Wildman–Crippen MR) is 90.7 cm³/mol. The van der Waals surface area contributed by atoms with Crippen LogP contribution in [0.15, 0.2) is 30.5 Å². The highest BCUT2D eigenvalue weighted by molar-refractivity contribution is 7.17. The number of aromatic amines is 1. The molecule has 0 saturated carbocycles. The number of aromatic nitrogens is 2. The fourth-order valence-corrected chi connectivity index (χ4v) is 3.28. The third-order valence-electron chi connectivity index (χ3n) is 3.57. The van der Waals surface area contributed by atoms with Crippen LogP contribution < -0.4 is 10.6 Å². The number of hydrogen-bond acceptors (Lipinski definition) is 4. The molecule has 1 aromatic carbocycles. The molecule has 3 rings (SSSR count). The van der Waals surface area contributed by atoms with Crippen molar-refractivity contribution >= 4 is 33.3 Å². The van der Waals surface area contributed by atoms with Crippen molar-refractivity contribution in [3.63, 3.8) is 0 Å². The first-order valence-corrected chi connectivity index (χ1v) is 7.99. The van der Waals surface area contributed by atoms with Crippen LogP contribution in [0.1, 0.15) is 20.9 Å². The van der Waals surface area contributed by atoms with Crippen LogP contribution in [-0.4, -0.2) is 29.5 Å². The van der Waals surface area contributed by atoms with Gasteiger partial charge in [-0.05, 0) is 25.0 Å². The lowest BCUT2D eigenvalue weighted by molar-refractivity contribution is 0.0957. The largest absolute Gasteiger partial charge is 0.365 e. The summed E-state index contributed by atoms with van der Waals surface area (Å²) in [7, 11) is 1.80. The molecule has 0 radical (unpaired) electrons. The van der Waals surface area contributed by atoms with E-state index in [-0.39, 0.29) is 5.91 Å². The van der Waals surface area contributed by atoms with Crippen molar-refractivity contribution < 1.29 is 4.79 Å². The average molecular weight is 314 g/mol. The Bertz CT molecular complexity index is 805. The number of carbonyl (C=O) groups excluding carboxylic acids is 1. The standard InChI is InChI=1S/C16H18N4OS/c1-10-14(22-16(17-2)20-10)15(21)18-8-7-11-9-19-13-6-4-3-5-12(11)13/h3-6,9,19H,7-8H2,1-2H3,(H,17,20)(H,18,21). The highest BCUT2D eigenvalue weighted by atomic mass is 32.1. The quantitative estimate of drug-likeness (QED) is 0.678. The van der Waals surface area contributed by atoms with Crippen LogP contribution in [0.2, 0.25) is 0 Å². The molecule has 0 aliphatic carbocycles. The van der Waals surface area contributed by atoms with E-state index in [0.717, 1.165) is 22.8 Å². The van der Waals surface area contributed by atoms with E-state index in [4.69, 9.17) is 0 Å². The molecule has 0 spiro atoms. The van der Waals surface area contributed by atoms with Crippen molar-refractivity contribution in [2.45, 2.75) is 13.3 Å². The van der Waals surface area contributed by atoms with E-state index in [2.05, 4.69) is 32.7 Å². The first kappa shape index (κ1) is 14.6. The Hall–Kier alpha value is -2.34. The Morgan fingerprint density at radius 3 is 2.95 bits per heavy atom. The SMILES string of the molecule is CNc1nc(C)c(C(=O)NCCc2c[nH]c3ccccc23)s1. The maximum absolute atomic E-state index is 12.2. The second-order valence-corrected chi connectivity index (χ2v) is 6.05. The van der Waals surface area contributed by atoms with Gasteiger partial charge in [-0.25, -0.2) is 4.98 Å². The van der Waals surface area contributed by atoms with Crippen LogP contribution in [0.5, 0.6) is 0 Å². The Labute approximate surface area is 132 Å². The highest BCUT2D eigenvalue weighted by Crippen LogP contribution is 2.22. The Morgan fingerprint density at radius 1 is 1.36 bits per heavy atom. The molecule has 6 heteroatoms. The van der Waals surface area contributed by atoms with Gasteiger partial charge >= 0.3 is 0 Å². The fraction of sp³-hybridized carbons (Fsp3) is 0.250. The summed E-state index contributed by atoms with van der Waals surface area (Å²) in [6, 6.07) is 8.18. The monoisotopic (exact) mass is 314 g/mol. The molecule has 2 aromatic heterocycles. The molecule has 3 N–H and O–H groups in total.